The van der Waals surface area contributed by atoms with Crippen LogP contribution < -0.4 is 0 Å². The SMILES string of the molecule is CCc1cc(C)c(F)cc1-c1ccc2c(-c3nc4c(n3COCC[Si](C)(C)C)CN(C(C)=O)C4)nn(COCC[Si](C)(C)C)c2c1. The summed E-state index contributed by atoms with van der Waals surface area (Å²) in [4.78, 5) is 19.1. The van der Waals surface area contributed by atoms with E-state index in [2.05, 4.69) is 69.0 Å². The maximum atomic E-state index is 14.8. The third-order valence-corrected chi connectivity index (χ3v) is 12.2. The van der Waals surface area contributed by atoms with E-state index in [1.54, 1.807) is 17.9 Å². The fourth-order valence-electron chi connectivity index (χ4n) is 5.77. The van der Waals surface area contributed by atoms with Gasteiger partial charge in [-0.05, 0) is 65.9 Å². The van der Waals surface area contributed by atoms with Crippen LogP contribution in [0.3, 0.4) is 0 Å². The summed E-state index contributed by atoms with van der Waals surface area (Å²) in [5.74, 6) is 0.555. The lowest BCUT2D eigenvalue weighted by atomic mass is 9.95. The molecule has 0 saturated heterocycles. The Labute approximate surface area is 274 Å². The van der Waals surface area contributed by atoms with E-state index in [1.807, 2.05) is 17.7 Å². The van der Waals surface area contributed by atoms with Gasteiger partial charge in [0.2, 0.25) is 5.91 Å². The Bertz CT molecular complexity index is 1730. The molecule has 0 atom stereocenters. The second-order valence-electron chi connectivity index (χ2n) is 15.0. The van der Waals surface area contributed by atoms with E-state index in [9.17, 15) is 9.18 Å². The normalized spacial score (nSPS) is 13.7. The van der Waals surface area contributed by atoms with Crippen molar-refractivity contribution in [3.8, 4) is 22.6 Å². The van der Waals surface area contributed by atoms with Crippen LogP contribution in [0.25, 0.3) is 33.5 Å². The van der Waals surface area contributed by atoms with Crippen molar-refractivity contribution in [2.24, 2.45) is 0 Å². The summed E-state index contributed by atoms with van der Waals surface area (Å²) in [6, 6.07) is 11.9. The van der Waals surface area contributed by atoms with Crippen molar-refractivity contribution in [2.45, 2.75) is 105 Å². The first-order valence-electron chi connectivity index (χ1n) is 16.4. The molecule has 11 heteroatoms. The van der Waals surface area contributed by atoms with Crippen molar-refractivity contribution in [1.82, 2.24) is 24.2 Å². The van der Waals surface area contributed by atoms with Gasteiger partial charge in [0.1, 0.15) is 25.0 Å². The number of aryl methyl sites for hydroxylation is 2. The Morgan fingerprint density at radius 3 is 2.26 bits per heavy atom. The number of amides is 1. The van der Waals surface area contributed by atoms with Crippen molar-refractivity contribution in [3.63, 3.8) is 0 Å². The average molecular weight is 664 g/mol. The lowest BCUT2D eigenvalue weighted by molar-refractivity contribution is -0.129. The van der Waals surface area contributed by atoms with Crippen LogP contribution in [0.4, 0.5) is 4.39 Å². The summed E-state index contributed by atoms with van der Waals surface area (Å²) in [6.07, 6.45) is 0.802. The summed E-state index contributed by atoms with van der Waals surface area (Å²) in [5.41, 5.74) is 7.12. The van der Waals surface area contributed by atoms with Crippen LogP contribution >= 0.6 is 0 Å². The molecule has 4 aromatic rings. The Morgan fingerprint density at radius 2 is 1.63 bits per heavy atom. The van der Waals surface area contributed by atoms with Gasteiger partial charge in [-0.3, -0.25) is 4.79 Å². The Morgan fingerprint density at radius 1 is 0.957 bits per heavy atom. The minimum Gasteiger partial charge on any atom is -0.361 e. The molecule has 2 aromatic heterocycles. The molecule has 1 aliphatic heterocycles. The predicted molar refractivity (Wildman–Crippen MR) is 189 cm³/mol. The second kappa shape index (κ2) is 13.5. The maximum Gasteiger partial charge on any atom is 0.220 e. The van der Waals surface area contributed by atoms with Gasteiger partial charge < -0.3 is 18.9 Å². The van der Waals surface area contributed by atoms with Gasteiger partial charge in [-0.1, -0.05) is 58.3 Å². The summed E-state index contributed by atoms with van der Waals surface area (Å²) >= 11 is 0. The lowest BCUT2D eigenvalue weighted by Crippen LogP contribution is -2.24. The van der Waals surface area contributed by atoms with Gasteiger partial charge in [0.25, 0.3) is 0 Å². The molecule has 0 aliphatic carbocycles. The molecule has 46 heavy (non-hydrogen) atoms. The van der Waals surface area contributed by atoms with Crippen LogP contribution in [-0.2, 0) is 47.2 Å². The number of imidazole rings is 1. The molecular formula is C35H50FN5O3Si2. The van der Waals surface area contributed by atoms with Crippen molar-refractivity contribution in [3.05, 3.63) is 58.7 Å². The number of aromatic nitrogens is 4. The molecule has 8 nitrogen and oxygen atoms in total. The number of rotatable bonds is 13. The van der Waals surface area contributed by atoms with Crippen LogP contribution in [0.5, 0.6) is 0 Å². The third-order valence-electron chi connectivity index (χ3n) is 8.75. The van der Waals surface area contributed by atoms with Gasteiger partial charge in [-0.25, -0.2) is 14.1 Å². The molecule has 248 valence electrons. The van der Waals surface area contributed by atoms with Gasteiger partial charge in [0, 0.05) is 41.7 Å². The molecule has 0 saturated carbocycles. The summed E-state index contributed by atoms with van der Waals surface area (Å²) in [6.45, 7) is 22.5. The summed E-state index contributed by atoms with van der Waals surface area (Å²) in [5, 5.41) is 6.06. The molecule has 0 bridgehead atoms. The van der Waals surface area contributed by atoms with Gasteiger partial charge in [0.05, 0.1) is 30.0 Å². The van der Waals surface area contributed by atoms with Gasteiger partial charge in [-0.15, -0.1) is 0 Å². The summed E-state index contributed by atoms with van der Waals surface area (Å²) in [7, 11) is -2.53. The number of fused-ring (bicyclic) bond motifs is 2. The highest BCUT2D eigenvalue weighted by molar-refractivity contribution is 6.76. The number of nitrogens with zero attached hydrogens (tertiary/aromatic N) is 5. The monoisotopic (exact) mass is 663 g/mol. The van der Waals surface area contributed by atoms with Crippen LogP contribution in [0.2, 0.25) is 51.4 Å². The van der Waals surface area contributed by atoms with Gasteiger partial charge in [-0.2, -0.15) is 5.10 Å². The maximum absolute atomic E-state index is 14.8. The Hall–Kier alpha value is -3.13. The molecular weight excluding hydrogens is 614 g/mol. The first kappa shape index (κ1) is 34.2. The first-order chi connectivity index (χ1) is 21.6. The van der Waals surface area contributed by atoms with E-state index < -0.39 is 16.1 Å². The van der Waals surface area contributed by atoms with Crippen LogP contribution in [-0.4, -0.2) is 59.5 Å². The minimum absolute atomic E-state index is 0.0301. The Kier molecular flexibility index (Phi) is 10.1. The van der Waals surface area contributed by atoms with E-state index in [4.69, 9.17) is 19.6 Å². The fraction of sp³-hybridized carbons (Fsp3) is 0.514. The fourth-order valence-corrected chi connectivity index (χ4v) is 7.28. The predicted octanol–water partition coefficient (Wildman–Crippen LogP) is 8.06. The Balaban J connectivity index is 1.59. The highest BCUT2D eigenvalue weighted by atomic mass is 28.3. The van der Waals surface area contributed by atoms with Crippen molar-refractivity contribution in [1.29, 1.82) is 0 Å². The third kappa shape index (κ3) is 7.70. The number of benzene rings is 2. The zero-order chi connectivity index (χ0) is 33.4. The number of carbonyl (C=O) groups is 1. The molecule has 1 amide bonds. The number of hydrogen-bond acceptors (Lipinski definition) is 5. The van der Waals surface area contributed by atoms with Gasteiger partial charge in [0.15, 0.2) is 5.82 Å². The first-order valence-corrected chi connectivity index (χ1v) is 23.9. The van der Waals surface area contributed by atoms with Crippen molar-refractivity contribution >= 4 is 33.0 Å². The largest absolute Gasteiger partial charge is 0.361 e. The summed E-state index contributed by atoms with van der Waals surface area (Å²) < 4.78 is 31.3. The van der Waals surface area contributed by atoms with E-state index in [-0.39, 0.29) is 11.7 Å². The number of ether oxygens (including phenoxy) is 2. The topological polar surface area (TPSA) is 74.4 Å². The second-order valence-corrected chi connectivity index (χ2v) is 26.3. The molecule has 2 aromatic carbocycles. The van der Waals surface area contributed by atoms with E-state index in [0.717, 1.165) is 69.0 Å². The molecule has 0 fully saturated rings. The molecule has 5 rings (SSSR count). The van der Waals surface area contributed by atoms with Gasteiger partial charge >= 0.3 is 0 Å². The van der Waals surface area contributed by atoms with Crippen LogP contribution in [0.1, 0.15) is 36.4 Å². The van der Waals surface area contributed by atoms with E-state index in [0.29, 0.717) is 45.3 Å². The van der Waals surface area contributed by atoms with Crippen molar-refractivity contribution < 1.29 is 18.7 Å². The highest BCUT2D eigenvalue weighted by Crippen LogP contribution is 2.36. The molecule has 3 heterocycles. The quantitative estimate of drug-likeness (QED) is 0.107. The average Bonchev–Trinajstić information content (AvgIpc) is 3.65. The smallest absolute Gasteiger partial charge is 0.220 e. The lowest BCUT2D eigenvalue weighted by Gasteiger charge is -2.18. The molecule has 0 unspecified atom stereocenters. The number of halogens is 1. The molecule has 1 aliphatic rings. The van der Waals surface area contributed by atoms with E-state index in [1.165, 1.54) is 0 Å². The number of hydrogen-bond donors (Lipinski definition) is 0. The highest BCUT2D eigenvalue weighted by Gasteiger charge is 2.31. The van der Waals surface area contributed by atoms with Crippen LogP contribution in [0, 0.1) is 12.7 Å². The zero-order valence-corrected chi connectivity index (χ0v) is 31.1. The zero-order valence-electron chi connectivity index (χ0n) is 29.1. The van der Waals surface area contributed by atoms with Crippen molar-refractivity contribution in [2.75, 3.05) is 13.2 Å². The molecule has 0 spiro atoms. The van der Waals surface area contributed by atoms with E-state index >= 15 is 0 Å². The minimum atomic E-state index is -1.26. The van der Waals surface area contributed by atoms with Crippen LogP contribution in [0.15, 0.2) is 30.3 Å². The standard InChI is InChI=1S/C35H50FN5O3Si2/c1-10-26-17-24(2)30(36)19-29(26)27-11-12-28-32(18-27)41(23-44-14-16-46(7,8)9)38-34(28)35-37-31-20-39(25(3)42)21-33(31)40(35)22-43-13-15-45(4,5)6/h11-12,17-19H,10,13-16,20-23H2,1-9H3. The molecule has 0 N–H and O–H groups in total. The molecule has 0 radical (unpaired) electrons. The number of carbonyl (C=O) groups excluding carboxylic acids is 1.